The number of nitrogens with one attached hydrogen (secondary N) is 1. The molecule has 1 saturated heterocycles. The van der Waals surface area contributed by atoms with E-state index in [9.17, 15) is 14.7 Å². The van der Waals surface area contributed by atoms with Gasteiger partial charge in [-0.15, -0.1) is 0 Å². The molecule has 1 amide bonds. The molecule has 1 saturated carbocycles. The maximum Gasteiger partial charge on any atom is 0.326 e. The zero-order chi connectivity index (χ0) is 13.1. The molecule has 2 fully saturated rings. The van der Waals surface area contributed by atoms with Crippen molar-refractivity contribution in [2.45, 2.75) is 50.3 Å². The lowest BCUT2D eigenvalue weighted by atomic mass is 10.2. The summed E-state index contributed by atoms with van der Waals surface area (Å²) < 4.78 is 0. The Labute approximate surface area is 106 Å². The van der Waals surface area contributed by atoms with E-state index in [1.165, 1.54) is 17.7 Å². The van der Waals surface area contributed by atoms with Gasteiger partial charge in [0.1, 0.15) is 6.04 Å². The summed E-state index contributed by atoms with van der Waals surface area (Å²) in [5.41, 5.74) is 0. The van der Waals surface area contributed by atoms with Crippen molar-refractivity contribution in [1.29, 1.82) is 0 Å². The SMILES string of the molecule is O=C(O)C1CC(O)CN1C(=O)CNC1CCCC1. The van der Waals surface area contributed by atoms with E-state index in [2.05, 4.69) is 5.32 Å². The first kappa shape index (κ1) is 13.3. The molecule has 0 spiro atoms. The first-order chi connectivity index (χ1) is 8.58. The number of carbonyl (C=O) groups excluding carboxylic acids is 1. The molecule has 2 atom stereocenters. The summed E-state index contributed by atoms with van der Waals surface area (Å²) in [6, 6.07) is -0.498. The molecule has 3 N–H and O–H groups in total. The zero-order valence-electron chi connectivity index (χ0n) is 10.3. The van der Waals surface area contributed by atoms with Crippen LogP contribution in [0.2, 0.25) is 0 Å². The largest absolute Gasteiger partial charge is 0.480 e. The summed E-state index contributed by atoms with van der Waals surface area (Å²) >= 11 is 0. The van der Waals surface area contributed by atoms with Gasteiger partial charge in [0.05, 0.1) is 12.6 Å². The normalized spacial score (nSPS) is 28.8. The van der Waals surface area contributed by atoms with Gasteiger partial charge in [-0.3, -0.25) is 4.79 Å². The zero-order valence-corrected chi connectivity index (χ0v) is 10.3. The van der Waals surface area contributed by atoms with Crippen LogP contribution in [0, 0.1) is 0 Å². The quantitative estimate of drug-likeness (QED) is 0.635. The Morgan fingerprint density at radius 3 is 2.56 bits per heavy atom. The van der Waals surface area contributed by atoms with Crippen LogP contribution in [0.3, 0.4) is 0 Å². The number of carbonyl (C=O) groups is 2. The molecular weight excluding hydrogens is 236 g/mol. The second kappa shape index (κ2) is 5.67. The molecule has 0 aromatic heterocycles. The summed E-state index contributed by atoms with van der Waals surface area (Å²) in [5, 5.41) is 21.6. The number of aliphatic hydroxyl groups excluding tert-OH is 1. The van der Waals surface area contributed by atoms with E-state index in [1.807, 2.05) is 0 Å². The first-order valence-corrected chi connectivity index (χ1v) is 6.51. The van der Waals surface area contributed by atoms with E-state index in [1.54, 1.807) is 0 Å². The highest BCUT2D eigenvalue weighted by atomic mass is 16.4. The highest BCUT2D eigenvalue weighted by Gasteiger charge is 2.38. The van der Waals surface area contributed by atoms with E-state index in [0.29, 0.717) is 6.04 Å². The molecule has 2 aliphatic rings. The molecular formula is C12H20N2O4. The molecule has 0 radical (unpaired) electrons. The lowest BCUT2D eigenvalue weighted by Crippen LogP contribution is -2.46. The molecule has 18 heavy (non-hydrogen) atoms. The Hall–Kier alpha value is -1.14. The second-order valence-corrected chi connectivity index (χ2v) is 5.15. The fourth-order valence-electron chi connectivity index (χ4n) is 2.79. The van der Waals surface area contributed by atoms with Gasteiger partial charge in [0.15, 0.2) is 0 Å². The minimum atomic E-state index is -1.04. The number of hydrogen-bond acceptors (Lipinski definition) is 4. The number of nitrogens with zero attached hydrogens (tertiary/aromatic N) is 1. The number of likely N-dealkylation sites (tertiary alicyclic amines) is 1. The maximum absolute atomic E-state index is 12.0. The van der Waals surface area contributed by atoms with Crippen LogP contribution in [0.4, 0.5) is 0 Å². The van der Waals surface area contributed by atoms with Crippen LogP contribution in [0.25, 0.3) is 0 Å². The van der Waals surface area contributed by atoms with Crippen LogP contribution < -0.4 is 5.32 Å². The van der Waals surface area contributed by atoms with E-state index in [4.69, 9.17) is 5.11 Å². The van der Waals surface area contributed by atoms with Gasteiger partial charge in [0.25, 0.3) is 0 Å². The van der Waals surface area contributed by atoms with Crippen molar-refractivity contribution in [3.05, 3.63) is 0 Å². The topological polar surface area (TPSA) is 89.9 Å². The van der Waals surface area contributed by atoms with Crippen molar-refractivity contribution >= 4 is 11.9 Å². The summed E-state index contributed by atoms with van der Waals surface area (Å²) in [7, 11) is 0. The summed E-state index contributed by atoms with van der Waals surface area (Å²) in [6.45, 7) is 0.295. The van der Waals surface area contributed by atoms with Crippen molar-refractivity contribution in [3.8, 4) is 0 Å². The van der Waals surface area contributed by atoms with Crippen molar-refractivity contribution in [1.82, 2.24) is 10.2 Å². The van der Waals surface area contributed by atoms with Gasteiger partial charge in [-0.1, -0.05) is 12.8 Å². The summed E-state index contributed by atoms with van der Waals surface area (Å²) in [4.78, 5) is 24.2. The van der Waals surface area contributed by atoms with Crippen LogP contribution in [0.15, 0.2) is 0 Å². The number of amides is 1. The lowest BCUT2D eigenvalue weighted by molar-refractivity contribution is -0.147. The molecule has 1 aliphatic heterocycles. The highest BCUT2D eigenvalue weighted by molar-refractivity contribution is 5.85. The predicted octanol–water partition coefficient (Wildman–Crippen LogP) is -0.435. The van der Waals surface area contributed by atoms with E-state index < -0.39 is 18.1 Å². The fourth-order valence-corrected chi connectivity index (χ4v) is 2.79. The van der Waals surface area contributed by atoms with Gasteiger partial charge in [-0.2, -0.15) is 0 Å². The minimum Gasteiger partial charge on any atom is -0.480 e. The predicted molar refractivity (Wildman–Crippen MR) is 64.0 cm³/mol. The highest BCUT2D eigenvalue weighted by Crippen LogP contribution is 2.19. The van der Waals surface area contributed by atoms with Gasteiger partial charge in [-0.05, 0) is 12.8 Å². The first-order valence-electron chi connectivity index (χ1n) is 6.51. The molecule has 6 heteroatoms. The number of aliphatic hydroxyl groups is 1. The number of hydrogen-bond donors (Lipinski definition) is 3. The standard InChI is InChI=1S/C12H20N2O4/c15-9-5-10(12(17)18)14(7-9)11(16)6-13-8-3-1-2-4-8/h8-10,13,15H,1-7H2,(H,17,18). The van der Waals surface area contributed by atoms with Crippen molar-refractivity contribution < 1.29 is 19.8 Å². The molecule has 0 aromatic carbocycles. The lowest BCUT2D eigenvalue weighted by Gasteiger charge is -2.22. The van der Waals surface area contributed by atoms with Crippen molar-refractivity contribution in [3.63, 3.8) is 0 Å². The Bertz CT molecular complexity index is 328. The van der Waals surface area contributed by atoms with Gasteiger partial charge < -0.3 is 20.4 Å². The van der Waals surface area contributed by atoms with Crippen molar-refractivity contribution in [2.75, 3.05) is 13.1 Å². The van der Waals surface area contributed by atoms with E-state index in [0.717, 1.165) is 12.8 Å². The third kappa shape index (κ3) is 3.00. The van der Waals surface area contributed by atoms with Crippen molar-refractivity contribution in [2.24, 2.45) is 0 Å². The molecule has 0 bridgehead atoms. The fraction of sp³-hybridized carbons (Fsp3) is 0.833. The van der Waals surface area contributed by atoms with Gasteiger partial charge in [0, 0.05) is 19.0 Å². The van der Waals surface area contributed by atoms with Crippen LogP contribution in [-0.2, 0) is 9.59 Å². The minimum absolute atomic E-state index is 0.127. The van der Waals surface area contributed by atoms with Gasteiger partial charge in [-0.25, -0.2) is 4.79 Å². The molecule has 1 heterocycles. The molecule has 2 rings (SSSR count). The smallest absolute Gasteiger partial charge is 0.326 e. The number of β-amino-alcohol motifs (C(OH)–C–C–N with tert-alkyl or cyclic N) is 1. The Morgan fingerprint density at radius 1 is 1.28 bits per heavy atom. The van der Waals surface area contributed by atoms with Crippen LogP contribution in [0.1, 0.15) is 32.1 Å². The third-order valence-corrected chi connectivity index (χ3v) is 3.78. The second-order valence-electron chi connectivity index (χ2n) is 5.15. The monoisotopic (exact) mass is 256 g/mol. The third-order valence-electron chi connectivity index (χ3n) is 3.78. The van der Waals surface area contributed by atoms with Crippen LogP contribution in [0.5, 0.6) is 0 Å². The van der Waals surface area contributed by atoms with Crippen LogP contribution in [-0.4, -0.2) is 58.3 Å². The number of rotatable bonds is 4. The Kier molecular flexibility index (Phi) is 4.19. The summed E-state index contributed by atoms with van der Waals surface area (Å²) in [6.07, 6.45) is 3.94. The summed E-state index contributed by atoms with van der Waals surface area (Å²) in [5.74, 6) is -1.27. The average Bonchev–Trinajstić information content (AvgIpc) is 2.94. The van der Waals surface area contributed by atoms with Gasteiger partial charge in [0.2, 0.25) is 5.91 Å². The number of carboxylic acids is 1. The molecule has 1 aliphatic carbocycles. The number of aliphatic carboxylic acids is 1. The van der Waals surface area contributed by atoms with Gasteiger partial charge >= 0.3 is 5.97 Å². The van der Waals surface area contributed by atoms with E-state index in [-0.39, 0.29) is 25.4 Å². The molecule has 0 aromatic rings. The number of carboxylic acid groups (broad SMARTS) is 1. The molecule has 102 valence electrons. The Morgan fingerprint density at radius 2 is 1.94 bits per heavy atom. The molecule has 6 nitrogen and oxygen atoms in total. The van der Waals surface area contributed by atoms with E-state index >= 15 is 0 Å². The average molecular weight is 256 g/mol. The molecule has 2 unspecified atom stereocenters. The van der Waals surface area contributed by atoms with Crippen LogP contribution >= 0.6 is 0 Å². The maximum atomic E-state index is 12.0. The Balaban J connectivity index is 1.85.